The van der Waals surface area contributed by atoms with Crippen molar-refractivity contribution >= 4 is 11.7 Å². The lowest BCUT2D eigenvalue weighted by Gasteiger charge is -2.16. The van der Waals surface area contributed by atoms with Crippen molar-refractivity contribution in [2.45, 2.75) is 32.3 Å². The highest BCUT2D eigenvalue weighted by Crippen LogP contribution is 2.13. The summed E-state index contributed by atoms with van der Waals surface area (Å²) >= 11 is 0. The molecular weight excluding hydrogens is 246 g/mol. The molecule has 0 bridgehead atoms. The van der Waals surface area contributed by atoms with E-state index in [1.54, 1.807) is 38.1 Å². The average molecular weight is 267 g/mol. The van der Waals surface area contributed by atoms with Gasteiger partial charge in [-0.25, -0.2) is 0 Å². The Labute approximate surface area is 113 Å². The van der Waals surface area contributed by atoms with Crippen molar-refractivity contribution in [2.75, 3.05) is 18.9 Å². The largest absolute Gasteiger partial charge is 0.493 e. The van der Waals surface area contributed by atoms with E-state index in [9.17, 15) is 9.90 Å². The summed E-state index contributed by atoms with van der Waals surface area (Å²) < 4.78 is 10.3. The number of esters is 1. The molecule has 0 aromatic heterocycles. The second-order valence-corrected chi connectivity index (χ2v) is 4.95. The molecule has 1 aromatic carbocycles. The zero-order valence-electron chi connectivity index (χ0n) is 11.4. The third kappa shape index (κ3) is 7.31. The predicted octanol–water partition coefficient (Wildman–Crippen LogP) is 1.74. The van der Waals surface area contributed by atoms with Crippen molar-refractivity contribution in [3.63, 3.8) is 0 Å². The smallest absolute Gasteiger partial charge is 0.309 e. The molecule has 0 saturated carbocycles. The van der Waals surface area contributed by atoms with Crippen LogP contribution in [0.3, 0.4) is 0 Å². The SMILES string of the molecule is CC(C)(O)CCOC(=O)CCOc1ccc(N)cc1. The number of nitrogen functional groups attached to an aromatic ring is 1. The van der Waals surface area contributed by atoms with Crippen molar-refractivity contribution in [2.24, 2.45) is 0 Å². The Balaban J connectivity index is 2.15. The van der Waals surface area contributed by atoms with Gasteiger partial charge in [-0.2, -0.15) is 0 Å². The molecule has 106 valence electrons. The number of hydrogen-bond acceptors (Lipinski definition) is 5. The summed E-state index contributed by atoms with van der Waals surface area (Å²) in [6.07, 6.45) is 0.591. The van der Waals surface area contributed by atoms with Gasteiger partial charge in [0.15, 0.2) is 0 Å². The molecule has 0 aliphatic rings. The second-order valence-electron chi connectivity index (χ2n) is 4.95. The molecule has 0 heterocycles. The lowest BCUT2D eigenvalue weighted by atomic mass is 10.1. The second kappa shape index (κ2) is 6.99. The van der Waals surface area contributed by atoms with Gasteiger partial charge in [-0.3, -0.25) is 4.79 Å². The van der Waals surface area contributed by atoms with Gasteiger partial charge < -0.3 is 20.3 Å². The molecule has 5 heteroatoms. The van der Waals surface area contributed by atoms with Crippen LogP contribution in [-0.2, 0) is 9.53 Å². The van der Waals surface area contributed by atoms with Gasteiger partial charge in [-0.1, -0.05) is 0 Å². The normalized spacial score (nSPS) is 11.1. The summed E-state index contributed by atoms with van der Waals surface area (Å²) in [5, 5.41) is 9.45. The highest BCUT2D eigenvalue weighted by molar-refractivity contribution is 5.69. The monoisotopic (exact) mass is 267 g/mol. The van der Waals surface area contributed by atoms with E-state index in [1.807, 2.05) is 0 Å². The Hall–Kier alpha value is -1.75. The number of anilines is 1. The minimum Gasteiger partial charge on any atom is -0.493 e. The first-order chi connectivity index (χ1) is 8.87. The Bertz CT molecular complexity index is 395. The first kappa shape index (κ1) is 15.3. The Morgan fingerprint density at radius 2 is 1.89 bits per heavy atom. The first-order valence-electron chi connectivity index (χ1n) is 6.23. The fourth-order valence-corrected chi connectivity index (χ4v) is 1.30. The predicted molar refractivity (Wildman–Crippen MR) is 72.8 cm³/mol. The summed E-state index contributed by atoms with van der Waals surface area (Å²) in [5.74, 6) is 0.332. The van der Waals surface area contributed by atoms with Gasteiger partial charge in [0.2, 0.25) is 0 Å². The van der Waals surface area contributed by atoms with Gasteiger partial charge in [-0.05, 0) is 38.1 Å². The first-order valence-corrected chi connectivity index (χ1v) is 6.23. The lowest BCUT2D eigenvalue weighted by Crippen LogP contribution is -2.22. The third-order valence-electron chi connectivity index (χ3n) is 2.43. The van der Waals surface area contributed by atoms with E-state index in [4.69, 9.17) is 15.2 Å². The van der Waals surface area contributed by atoms with Crippen molar-refractivity contribution in [3.8, 4) is 5.75 Å². The van der Waals surface area contributed by atoms with Crippen LogP contribution in [0.1, 0.15) is 26.7 Å². The zero-order chi connectivity index (χ0) is 14.3. The van der Waals surface area contributed by atoms with Gasteiger partial charge in [0.1, 0.15) is 5.75 Å². The molecule has 0 spiro atoms. The molecule has 1 aromatic rings. The molecule has 0 amide bonds. The molecule has 0 saturated heterocycles. The van der Waals surface area contributed by atoms with E-state index in [-0.39, 0.29) is 25.6 Å². The van der Waals surface area contributed by atoms with Crippen molar-refractivity contribution in [3.05, 3.63) is 24.3 Å². The van der Waals surface area contributed by atoms with Crippen LogP contribution >= 0.6 is 0 Å². The molecule has 1 rings (SSSR count). The molecule has 3 N–H and O–H groups in total. The summed E-state index contributed by atoms with van der Waals surface area (Å²) in [6, 6.07) is 6.96. The molecule has 0 aliphatic heterocycles. The van der Waals surface area contributed by atoms with Crippen molar-refractivity contribution < 1.29 is 19.4 Å². The molecular formula is C14H21NO4. The summed E-state index contributed by atoms with van der Waals surface area (Å²) in [4.78, 5) is 11.4. The third-order valence-corrected chi connectivity index (χ3v) is 2.43. The van der Waals surface area contributed by atoms with Gasteiger partial charge in [0.05, 0.1) is 25.2 Å². The molecule has 5 nitrogen and oxygen atoms in total. The van der Waals surface area contributed by atoms with Crippen LogP contribution in [0.4, 0.5) is 5.69 Å². The highest BCUT2D eigenvalue weighted by Gasteiger charge is 2.13. The Kier molecular flexibility index (Phi) is 5.63. The van der Waals surface area contributed by atoms with Crippen LogP contribution in [0.2, 0.25) is 0 Å². The number of aliphatic hydroxyl groups is 1. The average Bonchev–Trinajstić information content (AvgIpc) is 2.30. The molecule has 0 fully saturated rings. The molecule has 0 unspecified atom stereocenters. The molecule has 0 radical (unpaired) electrons. The van der Waals surface area contributed by atoms with Crippen molar-refractivity contribution in [1.82, 2.24) is 0 Å². The standard InChI is InChI=1S/C14H21NO4/c1-14(2,17)8-10-19-13(16)7-9-18-12-5-3-11(15)4-6-12/h3-6,17H,7-10,15H2,1-2H3. The maximum atomic E-state index is 11.4. The summed E-state index contributed by atoms with van der Waals surface area (Å²) in [6.45, 7) is 3.81. The topological polar surface area (TPSA) is 81.8 Å². The van der Waals surface area contributed by atoms with Crippen LogP contribution in [-0.4, -0.2) is 29.9 Å². The Morgan fingerprint density at radius 3 is 2.47 bits per heavy atom. The number of nitrogens with two attached hydrogens (primary N) is 1. The number of benzene rings is 1. The zero-order valence-corrected chi connectivity index (χ0v) is 11.4. The quantitative estimate of drug-likeness (QED) is 0.581. The van der Waals surface area contributed by atoms with Crippen molar-refractivity contribution in [1.29, 1.82) is 0 Å². The molecule has 0 atom stereocenters. The Morgan fingerprint density at radius 1 is 1.26 bits per heavy atom. The van der Waals surface area contributed by atoms with Crippen LogP contribution in [0, 0.1) is 0 Å². The maximum absolute atomic E-state index is 11.4. The van der Waals surface area contributed by atoms with E-state index in [0.29, 0.717) is 17.9 Å². The van der Waals surface area contributed by atoms with Gasteiger partial charge in [0, 0.05) is 12.1 Å². The number of rotatable bonds is 7. The van der Waals surface area contributed by atoms with Crippen LogP contribution < -0.4 is 10.5 Å². The van der Waals surface area contributed by atoms with E-state index in [2.05, 4.69) is 0 Å². The van der Waals surface area contributed by atoms with Crippen LogP contribution in [0.15, 0.2) is 24.3 Å². The summed E-state index contributed by atoms with van der Waals surface area (Å²) in [7, 11) is 0. The molecule has 0 aliphatic carbocycles. The van der Waals surface area contributed by atoms with E-state index < -0.39 is 5.60 Å². The fourth-order valence-electron chi connectivity index (χ4n) is 1.30. The number of ether oxygens (including phenoxy) is 2. The van der Waals surface area contributed by atoms with Gasteiger partial charge in [-0.15, -0.1) is 0 Å². The lowest BCUT2D eigenvalue weighted by molar-refractivity contribution is -0.145. The van der Waals surface area contributed by atoms with E-state index >= 15 is 0 Å². The summed E-state index contributed by atoms with van der Waals surface area (Å²) in [5.41, 5.74) is 5.39. The number of carbonyl (C=O) groups excluding carboxylic acids is 1. The van der Waals surface area contributed by atoms with E-state index in [1.165, 1.54) is 0 Å². The minimum atomic E-state index is -0.819. The minimum absolute atomic E-state index is 0.177. The van der Waals surface area contributed by atoms with Crippen LogP contribution in [0.25, 0.3) is 0 Å². The number of carbonyl (C=O) groups is 1. The van der Waals surface area contributed by atoms with Gasteiger partial charge in [0.25, 0.3) is 0 Å². The fraction of sp³-hybridized carbons (Fsp3) is 0.500. The molecule has 19 heavy (non-hydrogen) atoms. The maximum Gasteiger partial charge on any atom is 0.309 e. The number of hydrogen-bond donors (Lipinski definition) is 2. The van der Waals surface area contributed by atoms with E-state index in [0.717, 1.165) is 0 Å². The van der Waals surface area contributed by atoms with Crippen LogP contribution in [0.5, 0.6) is 5.75 Å². The van der Waals surface area contributed by atoms with Gasteiger partial charge >= 0.3 is 5.97 Å². The highest BCUT2D eigenvalue weighted by atomic mass is 16.5.